The molecule has 2 rings (SSSR count). The van der Waals surface area contributed by atoms with Gasteiger partial charge in [0, 0.05) is 18.3 Å². The SMILES string of the molecule is CC1CCN(C)CC(CC#N)N1c1ccccc1. The van der Waals surface area contributed by atoms with Crippen molar-refractivity contribution in [2.75, 3.05) is 25.0 Å². The van der Waals surface area contributed by atoms with E-state index in [1.165, 1.54) is 5.69 Å². The Labute approximate surface area is 110 Å². The maximum Gasteiger partial charge on any atom is 0.0643 e. The number of hydrogen-bond donors (Lipinski definition) is 0. The zero-order valence-corrected chi connectivity index (χ0v) is 11.2. The van der Waals surface area contributed by atoms with Crippen LogP contribution in [-0.4, -0.2) is 37.1 Å². The van der Waals surface area contributed by atoms with E-state index in [9.17, 15) is 0 Å². The summed E-state index contributed by atoms with van der Waals surface area (Å²) in [6, 6.07) is 13.6. The fourth-order valence-corrected chi connectivity index (χ4v) is 2.78. The van der Waals surface area contributed by atoms with Crippen LogP contribution >= 0.6 is 0 Å². The zero-order valence-electron chi connectivity index (χ0n) is 11.2. The lowest BCUT2D eigenvalue weighted by molar-refractivity contribution is 0.331. The van der Waals surface area contributed by atoms with E-state index < -0.39 is 0 Å². The van der Waals surface area contributed by atoms with E-state index in [0.717, 1.165) is 19.5 Å². The van der Waals surface area contributed by atoms with Crippen LogP contribution in [0.3, 0.4) is 0 Å². The molecule has 0 saturated carbocycles. The topological polar surface area (TPSA) is 30.3 Å². The molecule has 0 radical (unpaired) electrons. The van der Waals surface area contributed by atoms with Crippen molar-refractivity contribution in [3.05, 3.63) is 30.3 Å². The predicted molar refractivity (Wildman–Crippen MR) is 74.5 cm³/mol. The van der Waals surface area contributed by atoms with Gasteiger partial charge in [-0.1, -0.05) is 18.2 Å². The normalized spacial score (nSPS) is 25.5. The lowest BCUT2D eigenvalue weighted by Crippen LogP contribution is -2.43. The van der Waals surface area contributed by atoms with Crippen molar-refractivity contribution in [2.45, 2.75) is 31.8 Å². The summed E-state index contributed by atoms with van der Waals surface area (Å²) in [6.45, 7) is 4.33. The van der Waals surface area contributed by atoms with E-state index in [2.05, 4.69) is 54.1 Å². The van der Waals surface area contributed by atoms with Crippen LogP contribution in [0.5, 0.6) is 0 Å². The second-order valence-corrected chi connectivity index (χ2v) is 5.16. The van der Waals surface area contributed by atoms with Crippen LogP contribution in [0.25, 0.3) is 0 Å². The summed E-state index contributed by atoms with van der Waals surface area (Å²) < 4.78 is 0. The third kappa shape index (κ3) is 2.83. The molecule has 1 fully saturated rings. The van der Waals surface area contributed by atoms with Crippen molar-refractivity contribution < 1.29 is 0 Å². The highest BCUT2D eigenvalue weighted by atomic mass is 15.3. The Bertz CT molecular complexity index is 409. The first-order chi connectivity index (χ1) is 8.72. The van der Waals surface area contributed by atoms with Gasteiger partial charge in [-0.25, -0.2) is 0 Å². The van der Waals surface area contributed by atoms with Crippen molar-refractivity contribution in [3.8, 4) is 6.07 Å². The maximum atomic E-state index is 9.05. The first kappa shape index (κ1) is 12.9. The lowest BCUT2D eigenvalue weighted by atomic mass is 10.1. The Kier molecular flexibility index (Phi) is 4.22. The third-order valence-electron chi connectivity index (χ3n) is 3.70. The molecule has 1 aromatic rings. The highest BCUT2D eigenvalue weighted by Crippen LogP contribution is 2.25. The van der Waals surface area contributed by atoms with E-state index in [-0.39, 0.29) is 0 Å². The Morgan fingerprint density at radius 3 is 2.72 bits per heavy atom. The molecule has 0 bridgehead atoms. The van der Waals surface area contributed by atoms with Crippen LogP contribution in [0.2, 0.25) is 0 Å². The molecule has 1 heterocycles. The molecule has 1 aromatic carbocycles. The molecule has 3 heteroatoms. The van der Waals surface area contributed by atoms with Crippen molar-refractivity contribution in [1.82, 2.24) is 4.90 Å². The molecule has 2 atom stereocenters. The second kappa shape index (κ2) is 5.88. The summed E-state index contributed by atoms with van der Waals surface area (Å²) in [5.41, 5.74) is 1.24. The Balaban J connectivity index is 2.29. The number of likely N-dealkylation sites (N-methyl/N-ethyl adjacent to an activating group) is 1. The Morgan fingerprint density at radius 2 is 2.06 bits per heavy atom. The average molecular weight is 243 g/mol. The fourth-order valence-electron chi connectivity index (χ4n) is 2.78. The number of nitriles is 1. The van der Waals surface area contributed by atoms with Crippen molar-refractivity contribution in [2.24, 2.45) is 0 Å². The van der Waals surface area contributed by atoms with Crippen LogP contribution in [0.15, 0.2) is 30.3 Å². The van der Waals surface area contributed by atoms with E-state index in [0.29, 0.717) is 18.5 Å². The molecule has 3 nitrogen and oxygen atoms in total. The quantitative estimate of drug-likeness (QED) is 0.799. The van der Waals surface area contributed by atoms with Gasteiger partial charge in [0.1, 0.15) is 0 Å². The molecule has 0 amide bonds. The third-order valence-corrected chi connectivity index (χ3v) is 3.70. The predicted octanol–water partition coefficient (Wildman–Crippen LogP) is 2.50. The van der Waals surface area contributed by atoms with Gasteiger partial charge in [0.15, 0.2) is 0 Å². The monoisotopic (exact) mass is 243 g/mol. The average Bonchev–Trinajstić information content (AvgIpc) is 2.51. The number of para-hydroxylation sites is 1. The molecular formula is C15H21N3. The van der Waals surface area contributed by atoms with Gasteiger partial charge < -0.3 is 9.80 Å². The van der Waals surface area contributed by atoms with Gasteiger partial charge in [0.2, 0.25) is 0 Å². The second-order valence-electron chi connectivity index (χ2n) is 5.16. The summed E-state index contributed by atoms with van der Waals surface area (Å²) in [4.78, 5) is 4.76. The van der Waals surface area contributed by atoms with E-state index in [1.807, 2.05) is 6.07 Å². The zero-order chi connectivity index (χ0) is 13.0. The lowest BCUT2D eigenvalue weighted by Gasteiger charge is -2.35. The number of anilines is 1. The summed E-state index contributed by atoms with van der Waals surface area (Å²) >= 11 is 0. The first-order valence-corrected chi connectivity index (χ1v) is 6.61. The van der Waals surface area contributed by atoms with Crippen LogP contribution in [0.1, 0.15) is 19.8 Å². The highest BCUT2D eigenvalue weighted by Gasteiger charge is 2.28. The van der Waals surface area contributed by atoms with Crippen LogP contribution in [-0.2, 0) is 0 Å². The van der Waals surface area contributed by atoms with Gasteiger partial charge in [-0.3, -0.25) is 0 Å². The van der Waals surface area contributed by atoms with Gasteiger partial charge in [-0.2, -0.15) is 5.26 Å². The van der Waals surface area contributed by atoms with Gasteiger partial charge in [0.25, 0.3) is 0 Å². The summed E-state index contributed by atoms with van der Waals surface area (Å²) in [7, 11) is 2.14. The van der Waals surface area contributed by atoms with Gasteiger partial charge in [-0.15, -0.1) is 0 Å². The van der Waals surface area contributed by atoms with Crippen molar-refractivity contribution in [1.29, 1.82) is 5.26 Å². The molecule has 1 aliphatic rings. The van der Waals surface area contributed by atoms with Gasteiger partial charge in [-0.05, 0) is 39.1 Å². The van der Waals surface area contributed by atoms with E-state index in [1.54, 1.807) is 0 Å². The standard InChI is InChI=1S/C15H21N3/c1-13-9-11-17(2)12-15(8-10-16)18(13)14-6-4-3-5-7-14/h3-7,13,15H,8-9,11-12H2,1-2H3. The molecule has 2 unspecified atom stereocenters. The summed E-state index contributed by atoms with van der Waals surface area (Å²) in [6.07, 6.45) is 1.73. The smallest absolute Gasteiger partial charge is 0.0643 e. The molecule has 96 valence electrons. The molecule has 1 saturated heterocycles. The van der Waals surface area contributed by atoms with Crippen molar-refractivity contribution in [3.63, 3.8) is 0 Å². The maximum absolute atomic E-state index is 9.05. The van der Waals surface area contributed by atoms with Crippen molar-refractivity contribution >= 4 is 5.69 Å². The molecule has 0 spiro atoms. The number of benzene rings is 1. The number of hydrogen-bond acceptors (Lipinski definition) is 3. The molecule has 1 aliphatic heterocycles. The highest BCUT2D eigenvalue weighted by molar-refractivity contribution is 5.48. The van der Waals surface area contributed by atoms with Crippen LogP contribution < -0.4 is 4.90 Å². The molecule has 0 N–H and O–H groups in total. The van der Waals surface area contributed by atoms with Gasteiger partial charge >= 0.3 is 0 Å². The minimum atomic E-state index is 0.292. The fraction of sp³-hybridized carbons (Fsp3) is 0.533. The molecular weight excluding hydrogens is 222 g/mol. The Morgan fingerprint density at radius 1 is 1.33 bits per heavy atom. The summed E-state index contributed by atoms with van der Waals surface area (Å²) in [5.74, 6) is 0. The number of nitrogens with zero attached hydrogens (tertiary/aromatic N) is 3. The minimum Gasteiger partial charge on any atom is -0.363 e. The molecule has 18 heavy (non-hydrogen) atoms. The van der Waals surface area contributed by atoms with Crippen LogP contribution in [0, 0.1) is 11.3 Å². The Hall–Kier alpha value is -1.53. The van der Waals surface area contributed by atoms with E-state index in [4.69, 9.17) is 5.26 Å². The van der Waals surface area contributed by atoms with E-state index >= 15 is 0 Å². The minimum absolute atomic E-state index is 0.292. The van der Waals surface area contributed by atoms with Crippen LogP contribution in [0.4, 0.5) is 5.69 Å². The molecule has 0 aliphatic carbocycles. The van der Waals surface area contributed by atoms with Gasteiger partial charge in [0.05, 0.1) is 18.5 Å². The summed E-state index contributed by atoms with van der Waals surface area (Å²) in [5, 5.41) is 9.05. The molecule has 0 aromatic heterocycles. The first-order valence-electron chi connectivity index (χ1n) is 6.61. The number of rotatable bonds is 2. The largest absolute Gasteiger partial charge is 0.363 e.